The molecule has 0 fully saturated rings. The third-order valence-electron chi connectivity index (χ3n) is 3.62. The molecule has 148 valence electrons. The van der Waals surface area contributed by atoms with Gasteiger partial charge in [0.05, 0.1) is 13.5 Å². The smallest absolute Gasteiger partial charge is 0.319 e. The number of nitrogens with one attached hydrogen (secondary N) is 3. The minimum Gasteiger partial charge on any atom is -0.469 e. The van der Waals surface area contributed by atoms with Crippen LogP contribution in [0.15, 0.2) is 42.5 Å². The van der Waals surface area contributed by atoms with E-state index in [1.165, 1.54) is 31.4 Å². The number of halogens is 2. The second kappa shape index (κ2) is 10.0. The molecule has 0 aliphatic rings. The second-order valence-electron chi connectivity index (χ2n) is 5.74. The second-order valence-corrected chi connectivity index (χ2v) is 5.74. The molecule has 0 saturated heterocycles. The van der Waals surface area contributed by atoms with E-state index in [2.05, 4.69) is 20.7 Å². The van der Waals surface area contributed by atoms with E-state index in [0.717, 1.165) is 18.2 Å². The topological polar surface area (TPSA) is 96.5 Å². The van der Waals surface area contributed by atoms with Crippen molar-refractivity contribution in [3.8, 4) is 0 Å². The van der Waals surface area contributed by atoms with Crippen LogP contribution in [0.2, 0.25) is 0 Å². The average molecular weight is 391 g/mol. The first-order valence-corrected chi connectivity index (χ1v) is 8.32. The normalized spacial score (nSPS) is 10.1. The first-order chi connectivity index (χ1) is 13.4. The van der Waals surface area contributed by atoms with Crippen LogP contribution >= 0.6 is 0 Å². The lowest BCUT2D eigenvalue weighted by Crippen LogP contribution is -2.28. The highest BCUT2D eigenvalue weighted by Crippen LogP contribution is 2.10. The average Bonchev–Trinajstić information content (AvgIpc) is 2.66. The first kappa shape index (κ1) is 20.8. The van der Waals surface area contributed by atoms with Crippen molar-refractivity contribution < 1.29 is 27.9 Å². The van der Waals surface area contributed by atoms with Crippen molar-refractivity contribution in [3.05, 3.63) is 65.2 Å². The van der Waals surface area contributed by atoms with Crippen LogP contribution in [0.3, 0.4) is 0 Å². The molecule has 2 aromatic carbocycles. The summed E-state index contributed by atoms with van der Waals surface area (Å²) < 4.78 is 30.7. The van der Waals surface area contributed by atoms with Gasteiger partial charge in [-0.1, -0.05) is 0 Å². The minimum atomic E-state index is -0.724. The lowest BCUT2D eigenvalue weighted by molar-refractivity contribution is -0.140. The number of amides is 3. The van der Waals surface area contributed by atoms with E-state index in [0.29, 0.717) is 11.3 Å². The summed E-state index contributed by atoms with van der Waals surface area (Å²) in [5, 5.41) is 7.59. The molecule has 7 nitrogen and oxygen atoms in total. The third-order valence-corrected chi connectivity index (χ3v) is 3.62. The minimum absolute atomic E-state index is 0.0544. The molecule has 3 N–H and O–H groups in total. The van der Waals surface area contributed by atoms with E-state index in [9.17, 15) is 23.2 Å². The van der Waals surface area contributed by atoms with Crippen molar-refractivity contribution in [2.24, 2.45) is 0 Å². The van der Waals surface area contributed by atoms with Gasteiger partial charge in [-0.25, -0.2) is 13.6 Å². The molecule has 2 aromatic rings. The number of urea groups is 1. The predicted molar refractivity (Wildman–Crippen MR) is 97.6 cm³/mol. The molecule has 0 heterocycles. The van der Waals surface area contributed by atoms with Crippen LogP contribution in [0.1, 0.15) is 22.3 Å². The Labute approximate surface area is 160 Å². The summed E-state index contributed by atoms with van der Waals surface area (Å²) in [6, 6.07) is 8.48. The van der Waals surface area contributed by atoms with Crippen LogP contribution in [-0.4, -0.2) is 31.6 Å². The fraction of sp³-hybridized carbons (Fsp3) is 0.211. The molecule has 0 saturated carbocycles. The van der Waals surface area contributed by atoms with Crippen molar-refractivity contribution in [1.82, 2.24) is 10.6 Å². The SMILES string of the molecule is COC(=O)CCNC(=O)c1ccc(NC(=O)NCc2cc(F)cc(F)c2)cc1. The summed E-state index contributed by atoms with van der Waals surface area (Å²) in [4.78, 5) is 34.8. The van der Waals surface area contributed by atoms with Crippen LogP contribution in [0.5, 0.6) is 0 Å². The van der Waals surface area contributed by atoms with Gasteiger partial charge >= 0.3 is 12.0 Å². The highest BCUT2D eigenvalue weighted by molar-refractivity contribution is 5.95. The lowest BCUT2D eigenvalue weighted by atomic mass is 10.2. The number of benzene rings is 2. The number of rotatable bonds is 7. The Morgan fingerprint density at radius 3 is 2.21 bits per heavy atom. The number of hydrogen-bond donors (Lipinski definition) is 3. The molecule has 0 aromatic heterocycles. The Morgan fingerprint density at radius 1 is 0.964 bits per heavy atom. The standard InChI is InChI=1S/C19H19F2N3O4/c1-28-17(25)6-7-22-18(26)13-2-4-16(5-3-13)24-19(27)23-11-12-8-14(20)10-15(21)9-12/h2-5,8-10H,6-7,11H2,1H3,(H,22,26)(H2,23,24,27). The highest BCUT2D eigenvalue weighted by atomic mass is 19.1. The van der Waals surface area contributed by atoms with Crippen molar-refractivity contribution >= 4 is 23.6 Å². The van der Waals surface area contributed by atoms with Crippen LogP contribution in [0.25, 0.3) is 0 Å². The summed E-state index contributed by atoms with van der Waals surface area (Å²) in [5.74, 6) is -2.24. The van der Waals surface area contributed by atoms with Gasteiger partial charge in [0, 0.05) is 30.4 Å². The fourth-order valence-electron chi connectivity index (χ4n) is 2.26. The maximum absolute atomic E-state index is 13.1. The van der Waals surface area contributed by atoms with Crippen LogP contribution < -0.4 is 16.0 Å². The van der Waals surface area contributed by atoms with E-state index in [1.807, 2.05) is 0 Å². The van der Waals surface area contributed by atoms with E-state index in [4.69, 9.17) is 0 Å². The van der Waals surface area contributed by atoms with E-state index in [-0.39, 0.29) is 31.0 Å². The molecule has 0 atom stereocenters. The summed E-state index contributed by atoms with van der Waals surface area (Å²) in [7, 11) is 1.27. The Kier molecular flexibility index (Phi) is 7.44. The van der Waals surface area contributed by atoms with Crippen molar-refractivity contribution in [3.63, 3.8) is 0 Å². The predicted octanol–water partition coefficient (Wildman–Crippen LogP) is 2.58. The summed E-state index contributed by atoms with van der Waals surface area (Å²) in [6.07, 6.45) is 0.0667. The highest BCUT2D eigenvalue weighted by Gasteiger charge is 2.08. The molecule has 0 bridgehead atoms. The van der Waals surface area contributed by atoms with Gasteiger partial charge in [0.25, 0.3) is 5.91 Å². The third kappa shape index (κ3) is 6.67. The van der Waals surface area contributed by atoms with E-state index in [1.54, 1.807) is 0 Å². The molecule has 3 amide bonds. The lowest BCUT2D eigenvalue weighted by Gasteiger charge is -2.09. The van der Waals surface area contributed by atoms with Gasteiger partial charge in [-0.15, -0.1) is 0 Å². The van der Waals surface area contributed by atoms with E-state index < -0.39 is 23.6 Å². The Bertz CT molecular complexity index is 837. The first-order valence-electron chi connectivity index (χ1n) is 8.32. The van der Waals surface area contributed by atoms with Crippen molar-refractivity contribution in [2.75, 3.05) is 19.0 Å². The molecular weight excluding hydrogens is 372 g/mol. The summed E-state index contributed by atoms with van der Waals surface area (Å²) >= 11 is 0. The summed E-state index contributed by atoms with van der Waals surface area (Å²) in [5.41, 5.74) is 1.06. The maximum atomic E-state index is 13.1. The fourth-order valence-corrected chi connectivity index (χ4v) is 2.26. The van der Waals surface area contributed by atoms with Gasteiger partial charge in [0.15, 0.2) is 0 Å². The molecule has 0 aliphatic heterocycles. The number of carbonyl (C=O) groups is 3. The van der Waals surface area contributed by atoms with Crippen LogP contribution in [0.4, 0.5) is 19.3 Å². The van der Waals surface area contributed by atoms with Gasteiger partial charge in [0.2, 0.25) is 0 Å². The Hall–Kier alpha value is -3.49. The van der Waals surface area contributed by atoms with E-state index >= 15 is 0 Å². The number of esters is 1. The van der Waals surface area contributed by atoms with Gasteiger partial charge in [-0.05, 0) is 42.0 Å². The molecule has 0 spiro atoms. The molecular formula is C19H19F2N3O4. The number of hydrogen-bond acceptors (Lipinski definition) is 4. The van der Waals surface area contributed by atoms with Gasteiger partial charge in [0.1, 0.15) is 11.6 Å². The molecule has 2 rings (SSSR count). The number of methoxy groups -OCH3 is 1. The molecule has 9 heteroatoms. The Balaban J connectivity index is 1.81. The zero-order valence-corrected chi connectivity index (χ0v) is 15.1. The number of anilines is 1. The van der Waals surface area contributed by atoms with Gasteiger partial charge in [-0.2, -0.15) is 0 Å². The molecule has 0 unspecified atom stereocenters. The largest absolute Gasteiger partial charge is 0.469 e. The zero-order valence-electron chi connectivity index (χ0n) is 15.1. The van der Waals surface area contributed by atoms with Crippen LogP contribution in [0, 0.1) is 11.6 Å². The number of ether oxygens (including phenoxy) is 1. The quantitative estimate of drug-likeness (QED) is 0.632. The molecule has 28 heavy (non-hydrogen) atoms. The zero-order chi connectivity index (χ0) is 20.5. The molecule has 0 radical (unpaired) electrons. The maximum Gasteiger partial charge on any atom is 0.319 e. The van der Waals surface area contributed by atoms with Crippen LogP contribution in [-0.2, 0) is 16.1 Å². The summed E-state index contributed by atoms with van der Waals surface area (Å²) in [6.45, 7) is 0.0930. The van der Waals surface area contributed by atoms with Gasteiger partial charge in [-0.3, -0.25) is 9.59 Å². The monoisotopic (exact) mass is 391 g/mol. The number of carbonyl (C=O) groups excluding carboxylic acids is 3. The molecule has 0 aliphatic carbocycles. The Morgan fingerprint density at radius 2 is 1.61 bits per heavy atom. The van der Waals surface area contributed by atoms with Gasteiger partial charge < -0.3 is 20.7 Å². The van der Waals surface area contributed by atoms with Crippen molar-refractivity contribution in [2.45, 2.75) is 13.0 Å². The van der Waals surface area contributed by atoms with Crippen molar-refractivity contribution in [1.29, 1.82) is 0 Å².